The molecule has 0 bridgehead atoms. The van der Waals surface area contributed by atoms with Crippen molar-refractivity contribution in [2.24, 2.45) is 0 Å². The van der Waals surface area contributed by atoms with Crippen LogP contribution in [0.15, 0.2) is 53.6 Å². The van der Waals surface area contributed by atoms with Gasteiger partial charge in [0.25, 0.3) is 0 Å². The highest BCUT2D eigenvalue weighted by atomic mass is 32.2. The molecule has 1 aliphatic heterocycles. The molecule has 0 atom stereocenters. The molecule has 3 aromatic rings. The van der Waals surface area contributed by atoms with E-state index in [1.807, 2.05) is 30.3 Å². The van der Waals surface area contributed by atoms with Crippen LogP contribution in [-0.2, 0) is 9.59 Å². The van der Waals surface area contributed by atoms with E-state index >= 15 is 0 Å². The molecule has 0 unspecified atom stereocenters. The maximum Gasteiger partial charge on any atom is 0.244 e. The van der Waals surface area contributed by atoms with E-state index in [0.717, 1.165) is 10.9 Å². The number of anilines is 2. The third kappa shape index (κ3) is 3.87. The van der Waals surface area contributed by atoms with E-state index in [-0.39, 0.29) is 24.1 Å². The van der Waals surface area contributed by atoms with Gasteiger partial charge in [-0.05, 0) is 41.8 Å². The second-order valence-corrected chi connectivity index (χ2v) is 8.36. The van der Waals surface area contributed by atoms with Crippen LogP contribution in [0.5, 0.6) is 0 Å². The monoisotopic (exact) mass is 416 g/mol. The molecule has 2 heterocycles. The van der Waals surface area contributed by atoms with E-state index in [1.54, 1.807) is 12.1 Å². The van der Waals surface area contributed by atoms with Crippen molar-refractivity contribution in [1.82, 2.24) is 4.98 Å². The molecule has 6 nitrogen and oxygen atoms in total. The molecule has 2 amide bonds. The number of rotatable bonds is 4. The van der Waals surface area contributed by atoms with Crippen molar-refractivity contribution >= 4 is 45.9 Å². The summed E-state index contributed by atoms with van der Waals surface area (Å²) in [5.41, 5.74) is 3.71. The predicted molar refractivity (Wildman–Crippen MR) is 119 cm³/mol. The van der Waals surface area contributed by atoms with Gasteiger partial charge < -0.3 is 10.2 Å². The highest BCUT2D eigenvalue weighted by Gasteiger charge is 2.26. The van der Waals surface area contributed by atoms with E-state index in [4.69, 9.17) is 0 Å². The molecule has 0 spiro atoms. The number of nitrogens with one attached hydrogen (secondary N) is 1. The van der Waals surface area contributed by atoms with Gasteiger partial charge in [-0.15, -0.1) is 0 Å². The summed E-state index contributed by atoms with van der Waals surface area (Å²) < 4.78 is 0. The Morgan fingerprint density at radius 1 is 1.27 bits per heavy atom. The average molecular weight is 417 g/mol. The highest BCUT2D eigenvalue weighted by Crippen LogP contribution is 2.31. The van der Waals surface area contributed by atoms with Gasteiger partial charge in [-0.2, -0.15) is 5.26 Å². The minimum absolute atomic E-state index is 0.0232. The molecule has 1 aliphatic rings. The minimum atomic E-state index is -0.227. The Labute approximate surface area is 178 Å². The van der Waals surface area contributed by atoms with Crippen molar-refractivity contribution in [2.75, 3.05) is 22.5 Å². The summed E-state index contributed by atoms with van der Waals surface area (Å²) in [6.07, 6.45) is 0. The zero-order valence-electron chi connectivity index (χ0n) is 16.7. The number of pyridine rings is 1. The Balaban J connectivity index is 1.58. The zero-order valence-corrected chi connectivity index (χ0v) is 17.5. The predicted octanol–water partition coefficient (Wildman–Crippen LogP) is 4.31. The lowest BCUT2D eigenvalue weighted by molar-refractivity contribution is -0.120. The van der Waals surface area contributed by atoms with Crippen LogP contribution in [0.4, 0.5) is 11.4 Å². The molecule has 0 saturated carbocycles. The number of hydrogen-bond donors (Lipinski definition) is 1. The SMILES string of the molecule is CC(C)c1ccc2nc(SCC(=O)N3CC(=O)Nc4ccccc43)c(C#N)cc2c1. The Morgan fingerprint density at radius 2 is 2.07 bits per heavy atom. The molecule has 4 rings (SSSR count). The summed E-state index contributed by atoms with van der Waals surface area (Å²) in [5.74, 6) is 0.0350. The van der Waals surface area contributed by atoms with Gasteiger partial charge in [0.15, 0.2) is 0 Å². The second kappa shape index (κ2) is 8.17. The molecule has 7 heteroatoms. The molecule has 0 fully saturated rings. The summed E-state index contributed by atoms with van der Waals surface area (Å²) in [4.78, 5) is 30.9. The molecule has 0 saturated heterocycles. The third-order valence-corrected chi connectivity index (χ3v) is 5.97. The first kappa shape index (κ1) is 19.9. The summed E-state index contributed by atoms with van der Waals surface area (Å²) in [7, 11) is 0. The lowest BCUT2D eigenvalue weighted by atomic mass is 10.0. The number of carbonyl (C=O) groups excluding carboxylic acids is 2. The maximum absolute atomic E-state index is 12.9. The number of fused-ring (bicyclic) bond motifs is 2. The number of amides is 2. The molecule has 0 aliphatic carbocycles. The Morgan fingerprint density at radius 3 is 2.83 bits per heavy atom. The Bertz CT molecular complexity index is 1200. The van der Waals surface area contributed by atoms with Crippen LogP contribution in [-0.4, -0.2) is 29.1 Å². The van der Waals surface area contributed by atoms with Crippen LogP contribution >= 0.6 is 11.8 Å². The van der Waals surface area contributed by atoms with Crippen LogP contribution in [0.3, 0.4) is 0 Å². The van der Waals surface area contributed by atoms with Gasteiger partial charge in [-0.3, -0.25) is 9.59 Å². The van der Waals surface area contributed by atoms with Gasteiger partial charge >= 0.3 is 0 Å². The fourth-order valence-corrected chi connectivity index (χ4v) is 4.23. The van der Waals surface area contributed by atoms with Crippen LogP contribution in [0.2, 0.25) is 0 Å². The van der Waals surface area contributed by atoms with Gasteiger partial charge in [-0.1, -0.05) is 43.8 Å². The van der Waals surface area contributed by atoms with Crippen LogP contribution in [0.1, 0.15) is 30.9 Å². The van der Waals surface area contributed by atoms with Gasteiger partial charge in [0.05, 0.1) is 28.2 Å². The molecule has 150 valence electrons. The van der Waals surface area contributed by atoms with Gasteiger partial charge in [0.1, 0.15) is 17.6 Å². The van der Waals surface area contributed by atoms with Crippen molar-refractivity contribution in [2.45, 2.75) is 24.8 Å². The summed E-state index contributed by atoms with van der Waals surface area (Å²) in [6.45, 7) is 4.22. The lowest BCUT2D eigenvalue weighted by Crippen LogP contribution is -2.43. The zero-order chi connectivity index (χ0) is 21.3. The quantitative estimate of drug-likeness (QED) is 0.641. The fourth-order valence-electron chi connectivity index (χ4n) is 3.39. The summed E-state index contributed by atoms with van der Waals surface area (Å²) in [6, 6.07) is 17.3. The topological polar surface area (TPSA) is 86.1 Å². The fraction of sp³-hybridized carbons (Fsp3) is 0.217. The molecule has 1 N–H and O–H groups in total. The number of hydrogen-bond acceptors (Lipinski definition) is 5. The first-order valence-electron chi connectivity index (χ1n) is 9.63. The normalized spacial score (nSPS) is 13.1. The number of thioether (sulfide) groups is 1. The van der Waals surface area contributed by atoms with Crippen molar-refractivity contribution in [3.8, 4) is 6.07 Å². The number of para-hydroxylation sites is 2. The molecule has 30 heavy (non-hydrogen) atoms. The van der Waals surface area contributed by atoms with E-state index in [0.29, 0.717) is 27.9 Å². The van der Waals surface area contributed by atoms with Crippen molar-refractivity contribution in [3.05, 3.63) is 59.7 Å². The van der Waals surface area contributed by atoms with Gasteiger partial charge in [0.2, 0.25) is 11.8 Å². The number of nitrogens with zero attached hydrogens (tertiary/aromatic N) is 3. The molecule has 1 aromatic heterocycles. The first-order valence-corrected chi connectivity index (χ1v) is 10.6. The third-order valence-electron chi connectivity index (χ3n) is 5.00. The van der Waals surface area contributed by atoms with Gasteiger partial charge in [0, 0.05) is 5.39 Å². The van der Waals surface area contributed by atoms with Crippen molar-refractivity contribution in [1.29, 1.82) is 5.26 Å². The standard InChI is InChI=1S/C23H20N4O2S/c1-14(2)15-7-8-18-16(9-15)10-17(11-24)23(26-18)30-13-22(29)27-12-21(28)25-19-5-3-4-6-20(19)27/h3-10,14H,12-13H2,1-2H3,(H,25,28). The Kier molecular flexibility index (Phi) is 5.42. The minimum Gasteiger partial charge on any atom is -0.323 e. The first-order chi connectivity index (χ1) is 14.5. The molecule has 0 radical (unpaired) electrons. The Hall–Kier alpha value is -3.37. The van der Waals surface area contributed by atoms with Gasteiger partial charge in [-0.25, -0.2) is 4.98 Å². The van der Waals surface area contributed by atoms with E-state index in [1.165, 1.54) is 22.2 Å². The smallest absolute Gasteiger partial charge is 0.244 e. The van der Waals surface area contributed by atoms with E-state index < -0.39 is 0 Å². The number of carbonyl (C=O) groups is 2. The highest BCUT2D eigenvalue weighted by molar-refractivity contribution is 8.00. The van der Waals surface area contributed by atoms with Crippen molar-refractivity contribution in [3.63, 3.8) is 0 Å². The van der Waals surface area contributed by atoms with Crippen LogP contribution in [0.25, 0.3) is 10.9 Å². The van der Waals surface area contributed by atoms with E-state index in [2.05, 4.69) is 36.3 Å². The summed E-state index contributed by atoms with van der Waals surface area (Å²) in [5, 5.41) is 13.8. The maximum atomic E-state index is 12.9. The second-order valence-electron chi connectivity index (χ2n) is 7.39. The average Bonchev–Trinajstić information content (AvgIpc) is 2.75. The van der Waals surface area contributed by atoms with Crippen LogP contribution in [0, 0.1) is 11.3 Å². The van der Waals surface area contributed by atoms with E-state index in [9.17, 15) is 14.9 Å². The summed E-state index contributed by atoms with van der Waals surface area (Å²) >= 11 is 1.22. The number of benzene rings is 2. The molecular weight excluding hydrogens is 396 g/mol. The van der Waals surface area contributed by atoms with Crippen LogP contribution < -0.4 is 10.2 Å². The number of aromatic nitrogens is 1. The largest absolute Gasteiger partial charge is 0.323 e. The van der Waals surface area contributed by atoms with Crippen molar-refractivity contribution < 1.29 is 9.59 Å². The number of nitriles is 1. The molecular formula is C23H20N4O2S. The molecule has 2 aromatic carbocycles. The lowest BCUT2D eigenvalue weighted by Gasteiger charge is -2.29.